The molecule has 1 saturated carbocycles. The van der Waals surface area contributed by atoms with Gasteiger partial charge in [-0.3, -0.25) is 0 Å². The summed E-state index contributed by atoms with van der Waals surface area (Å²) >= 11 is 0. The van der Waals surface area contributed by atoms with Crippen molar-refractivity contribution in [3.05, 3.63) is 23.8 Å². The molecule has 1 aromatic heterocycles. The number of aryl methyl sites for hydroxylation is 1. The quantitative estimate of drug-likeness (QED) is 0.697. The zero-order valence-electron chi connectivity index (χ0n) is 10.5. The highest BCUT2D eigenvalue weighted by atomic mass is 16.5. The minimum Gasteiger partial charge on any atom is -0.381 e. The fraction of sp³-hybridized carbons (Fsp3) is 0.692. The van der Waals surface area contributed by atoms with Crippen LogP contribution < -0.4 is 5.32 Å². The van der Waals surface area contributed by atoms with E-state index in [1.54, 1.807) is 6.20 Å². The third-order valence-corrected chi connectivity index (χ3v) is 2.83. The molecule has 0 amide bonds. The van der Waals surface area contributed by atoms with E-state index in [0.29, 0.717) is 0 Å². The van der Waals surface area contributed by atoms with Gasteiger partial charge in [-0.25, -0.2) is 9.97 Å². The SMILES string of the molecule is Cc1nccc(CNCCCOCC2CC2)n1. The molecule has 0 atom stereocenters. The highest BCUT2D eigenvalue weighted by Crippen LogP contribution is 2.28. The Morgan fingerprint density at radius 2 is 2.35 bits per heavy atom. The van der Waals surface area contributed by atoms with Gasteiger partial charge in [0.15, 0.2) is 0 Å². The third kappa shape index (κ3) is 5.24. The lowest BCUT2D eigenvalue weighted by atomic mass is 10.3. The van der Waals surface area contributed by atoms with Gasteiger partial charge in [0.05, 0.1) is 5.69 Å². The minimum absolute atomic E-state index is 0.811. The molecule has 0 radical (unpaired) electrons. The first-order chi connectivity index (χ1) is 8.34. The number of hydrogen-bond acceptors (Lipinski definition) is 4. The summed E-state index contributed by atoms with van der Waals surface area (Å²) in [5, 5.41) is 3.36. The summed E-state index contributed by atoms with van der Waals surface area (Å²) in [7, 11) is 0. The number of hydrogen-bond donors (Lipinski definition) is 1. The van der Waals surface area contributed by atoms with Gasteiger partial charge in [-0.15, -0.1) is 0 Å². The summed E-state index contributed by atoms with van der Waals surface area (Å²) in [5.74, 6) is 1.70. The van der Waals surface area contributed by atoms with Crippen LogP contribution in [0.5, 0.6) is 0 Å². The van der Waals surface area contributed by atoms with E-state index in [-0.39, 0.29) is 0 Å². The van der Waals surface area contributed by atoms with Crippen LogP contribution in [0.25, 0.3) is 0 Å². The van der Waals surface area contributed by atoms with Gasteiger partial charge in [0, 0.05) is 26.0 Å². The van der Waals surface area contributed by atoms with E-state index in [0.717, 1.165) is 50.2 Å². The Morgan fingerprint density at radius 3 is 3.12 bits per heavy atom. The van der Waals surface area contributed by atoms with Gasteiger partial charge in [-0.05, 0) is 44.7 Å². The number of nitrogens with zero attached hydrogens (tertiary/aromatic N) is 2. The normalized spacial score (nSPS) is 15.1. The standard InChI is InChI=1S/C13H21N3O/c1-11-15-7-5-13(16-11)9-14-6-2-8-17-10-12-3-4-12/h5,7,12,14H,2-4,6,8-10H2,1H3. The Kier molecular flexibility index (Phi) is 4.88. The maximum Gasteiger partial charge on any atom is 0.125 e. The van der Waals surface area contributed by atoms with Crippen molar-refractivity contribution in [3.63, 3.8) is 0 Å². The lowest BCUT2D eigenvalue weighted by molar-refractivity contribution is 0.122. The van der Waals surface area contributed by atoms with E-state index in [2.05, 4.69) is 15.3 Å². The fourth-order valence-electron chi connectivity index (χ4n) is 1.65. The van der Waals surface area contributed by atoms with Crippen LogP contribution in [-0.4, -0.2) is 29.7 Å². The second-order valence-electron chi connectivity index (χ2n) is 4.64. The topological polar surface area (TPSA) is 47.0 Å². The lowest BCUT2D eigenvalue weighted by Gasteiger charge is -2.05. The van der Waals surface area contributed by atoms with Gasteiger partial charge in [0.1, 0.15) is 5.82 Å². The molecule has 0 aliphatic heterocycles. The van der Waals surface area contributed by atoms with Crippen LogP contribution in [0.3, 0.4) is 0 Å². The largest absolute Gasteiger partial charge is 0.381 e. The Bertz CT molecular complexity index is 339. The van der Waals surface area contributed by atoms with Crippen LogP contribution in [0.1, 0.15) is 30.8 Å². The molecule has 0 saturated heterocycles. The van der Waals surface area contributed by atoms with Crippen LogP contribution in [0, 0.1) is 12.8 Å². The molecule has 4 heteroatoms. The first-order valence-electron chi connectivity index (χ1n) is 6.41. The molecule has 0 aromatic carbocycles. The zero-order valence-corrected chi connectivity index (χ0v) is 10.5. The van der Waals surface area contributed by atoms with E-state index < -0.39 is 0 Å². The monoisotopic (exact) mass is 235 g/mol. The van der Waals surface area contributed by atoms with Crippen molar-refractivity contribution >= 4 is 0 Å². The van der Waals surface area contributed by atoms with Crippen LogP contribution in [0.15, 0.2) is 12.3 Å². The van der Waals surface area contributed by atoms with Crippen molar-refractivity contribution in [1.29, 1.82) is 0 Å². The van der Waals surface area contributed by atoms with Crippen molar-refractivity contribution in [2.75, 3.05) is 19.8 Å². The second kappa shape index (κ2) is 6.67. The van der Waals surface area contributed by atoms with Gasteiger partial charge < -0.3 is 10.1 Å². The van der Waals surface area contributed by atoms with Gasteiger partial charge in [0.25, 0.3) is 0 Å². The van der Waals surface area contributed by atoms with E-state index in [4.69, 9.17) is 4.74 Å². The molecule has 1 aliphatic rings. The molecule has 17 heavy (non-hydrogen) atoms. The number of aromatic nitrogens is 2. The van der Waals surface area contributed by atoms with E-state index in [1.165, 1.54) is 12.8 Å². The number of nitrogens with one attached hydrogen (secondary N) is 1. The molecular formula is C13H21N3O. The maximum absolute atomic E-state index is 5.56. The van der Waals surface area contributed by atoms with Gasteiger partial charge in [-0.1, -0.05) is 0 Å². The highest BCUT2D eigenvalue weighted by Gasteiger charge is 2.20. The van der Waals surface area contributed by atoms with Crippen LogP contribution in [-0.2, 0) is 11.3 Å². The van der Waals surface area contributed by atoms with Crippen LogP contribution in [0.2, 0.25) is 0 Å². The molecule has 1 aliphatic carbocycles. The van der Waals surface area contributed by atoms with Crippen molar-refractivity contribution in [2.24, 2.45) is 5.92 Å². The minimum atomic E-state index is 0.811. The predicted molar refractivity (Wildman–Crippen MR) is 66.6 cm³/mol. The number of rotatable bonds is 8. The summed E-state index contributed by atoms with van der Waals surface area (Å²) in [6.45, 7) is 5.53. The molecule has 0 bridgehead atoms. The molecule has 1 fully saturated rings. The lowest BCUT2D eigenvalue weighted by Crippen LogP contribution is -2.17. The molecular weight excluding hydrogens is 214 g/mol. The summed E-state index contributed by atoms with van der Waals surface area (Å²) in [5.41, 5.74) is 1.05. The van der Waals surface area contributed by atoms with Gasteiger partial charge in [-0.2, -0.15) is 0 Å². The van der Waals surface area contributed by atoms with E-state index in [9.17, 15) is 0 Å². The third-order valence-electron chi connectivity index (χ3n) is 2.83. The Hall–Kier alpha value is -1.00. The second-order valence-corrected chi connectivity index (χ2v) is 4.64. The summed E-state index contributed by atoms with van der Waals surface area (Å²) in [6.07, 6.45) is 5.60. The highest BCUT2D eigenvalue weighted by molar-refractivity contribution is 5.00. The molecule has 1 aromatic rings. The maximum atomic E-state index is 5.56. The number of ether oxygens (including phenoxy) is 1. The van der Waals surface area contributed by atoms with E-state index in [1.807, 2.05) is 13.0 Å². The van der Waals surface area contributed by atoms with Gasteiger partial charge in [0.2, 0.25) is 0 Å². The molecule has 1 heterocycles. The Morgan fingerprint density at radius 1 is 1.47 bits per heavy atom. The first-order valence-corrected chi connectivity index (χ1v) is 6.41. The summed E-state index contributed by atoms with van der Waals surface area (Å²) in [4.78, 5) is 8.41. The van der Waals surface area contributed by atoms with Crippen molar-refractivity contribution in [1.82, 2.24) is 15.3 Å². The molecule has 94 valence electrons. The molecule has 2 rings (SSSR count). The summed E-state index contributed by atoms with van der Waals surface area (Å²) in [6, 6.07) is 1.95. The summed E-state index contributed by atoms with van der Waals surface area (Å²) < 4.78 is 5.56. The molecule has 4 nitrogen and oxygen atoms in total. The smallest absolute Gasteiger partial charge is 0.125 e. The molecule has 0 unspecified atom stereocenters. The molecule has 0 spiro atoms. The van der Waals surface area contributed by atoms with Crippen molar-refractivity contribution in [3.8, 4) is 0 Å². The average molecular weight is 235 g/mol. The first kappa shape index (κ1) is 12.5. The zero-order chi connectivity index (χ0) is 11.9. The van der Waals surface area contributed by atoms with Crippen LogP contribution in [0.4, 0.5) is 0 Å². The van der Waals surface area contributed by atoms with Crippen LogP contribution >= 0.6 is 0 Å². The van der Waals surface area contributed by atoms with Gasteiger partial charge >= 0.3 is 0 Å². The fourth-order valence-corrected chi connectivity index (χ4v) is 1.65. The molecule has 1 N–H and O–H groups in total. The Balaban J connectivity index is 1.47. The van der Waals surface area contributed by atoms with Crippen molar-refractivity contribution in [2.45, 2.75) is 32.7 Å². The van der Waals surface area contributed by atoms with E-state index >= 15 is 0 Å². The predicted octanol–water partition coefficient (Wildman–Crippen LogP) is 1.69. The Labute approximate surface area is 103 Å². The average Bonchev–Trinajstić information content (AvgIpc) is 3.12. The van der Waals surface area contributed by atoms with Crippen molar-refractivity contribution < 1.29 is 4.74 Å².